The molecule has 0 saturated carbocycles. The molecule has 0 spiro atoms. The van der Waals surface area contributed by atoms with Gasteiger partial charge in [0.15, 0.2) is 0 Å². The molecule has 3 nitrogen and oxygen atoms in total. The monoisotopic (exact) mass is 177 g/mol. The van der Waals surface area contributed by atoms with Gasteiger partial charge in [-0.15, -0.1) is 0 Å². The van der Waals surface area contributed by atoms with Crippen molar-refractivity contribution < 1.29 is 13.0 Å². The van der Waals surface area contributed by atoms with Crippen molar-refractivity contribution in [3.63, 3.8) is 0 Å². The molecule has 0 aliphatic heterocycles. The van der Waals surface area contributed by atoms with Crippen LogP contribution in [0.3, 0.4) is 0 Å². The van der Waals surface area contributed by atoms with Gasteiger partial charge < -0.3 is 4.55 Å². The number of allylic oxidation sites excluding steroid dienone is 2. The Morgan fingerprint density at radius 1 is 1.55 bits per heavy atom. The van der Waals surface area contributed by atoms with Gasteiger partial charge in [0, 0.05) is 0 Å². The van der Waals surface area contributed by atoms with E-state index in [4.69, 9.17) is 0 Å². The number of rotatable bonds is 4. The Bertz CT molecular complexity index is 216. The summed E-state index contributed by atoms with van der Waals surface area (Å²) in [5.74, 6) is 0. The van der Waals surface area contributed by atoms with Gasteiger partial charge in [0.25, 0.3) is 0 Å². The Morgan fingerprint density at radius 2 is 2.09 bits per heavy atom. The first-order chi connectivity index (χ1) is 5.02. The van der Waals surface area contributed by atoms with Gasteiger partial charge >= 0.3 is 0 Å². The smallest absolute Gasteiger partial charge is 0.0978 e. The third kappa shape index (κ3) is 4.16. The molecule has 0 N–H and O–H groups in total. The van der Waals surface area contributed by atoms with Gasteiger partial charge in [-0.05, 0) is 19.8 Å². The molecule has 0 aromatic carbocycles. The molecule has 0 heterocycles. The quantitative estimate of drug-likeness (QED) is 0.480. The van der Waals surface area contributed by atoms with Gasteiger partial charge in [-0.3, -0.25) is 0 Å². The van der Waals surface area contributed by atoms with E-state index in [1.54, 1.807) is 26.0 Å². The molecule has 0 aliphatic carbocycles. The maximum absolute atomic E-state index is 10.5. The summed E-state index contributed by atoms with van der Waals surface area (Å²) in [5.41, 5.74) is 0. The fraction of sp³-hybridized carbons (Fsp3) is 0.714. The van der Waals surface area contributed by atoms with Crippen LogP contribution in [-0.4, -0.2) is 18.2 Å². The molecule has 0 radical (unpaired) electrons. The normalized spacial score (nSPS) is 15.5. The van der Waals surface area contributed by atoms with Crippen LogP contribution in [0.4, 0.5) is 0 Å². The Morgan fingerprint density at radius 3 is 2.36 bits per heavy atom. The number of hydrogen-bond acceptors (Lipinski definition) is 3. The van der Waals surface area contributed by atoms with E-state index in [1.807, 2.05) is 0 Å². The summed E-state index contributed by atoms with van der Waals surface area (Å²) in [6, 6.07) is 0. The van der Waals surface area contributed by atoms with Gasteiger partial charge in [0.2, 0.25) is 0 Å². The Balaban J connectivity index is 4.19. The first kappa shape index (κ1) is 10.7. The fourth-order valence-electron chi connectivity index (χ4n) is 0.777. The van der Waals surface area contributed by atoms with E-state index >= 15 is 0 Å². The van der Waals surface area contributed by atoms with Crippen LogP contribution >= 0.6 is 0 Å². The first-order valence-electron chi connectivity index (χ1n) is 3.58. The molecule has 0 aromatic heterocycles. The first-order valence-corrected chi connectivity index (χ1v) is 5.05. The van der Waals surface area contributed by atoms with Crippen molar-refractivity contribution >= 4 is 10.1 Å². The molecule has 0 aliphatic rings. The van der Waals surface area contributed by atoms with Crippen molar-refractivity contribution in [2.75, 3.05) is 0 Å². The van der Waals surface area contributed by atoms with Crippen LogP contribution in [0.5, 0.6) is 0 Å². The highest BCUT2D eigenvalue weighted by atomic mass is 32.2. The molecule has 0 saturated heterocycles. The summed E-state index contributed by atoms with van der Waals surface area (Å²) in [6.45, 7) is 3.49. The highest BCUT2D eigenvalue weighted by Crippen LogP contribution is 2.08. The largest absolute Gasteiger partial charge is 0.748 e. The summed E-state index contributed by atoms with van der Waals surface area (Å²) in [4.78, 5) is 0. The van der Waals surface area contributed by atoms with E-state index < -0.39 is 15.4 Å². The Hall–Kier alpha value is -0.350. The van der Waals surface area contributed by atoms with Crippen LogP contribution < -0.4 is 0 Å². The van der Waals surface area contributed by atoms with E-state index in [2.05, 4.69) is 0 Å². The lowest BCUT2D eigenvalue weighted by atomic mass is 10.2. The second kappa shape index (κ2) is 4.51. The Kier molecular flexibility index (Phi) is 4.37. The van der Waals surface area contributed by atoms with Crippen LogP contribution in [-0.2, 0) is 10.1 Å². The minimum absolute atomic E-state index is 0.332. The second-order valence-corrected chi connectivity index (χ2v) is 3.98. The minimum atomic E-state index is -4.09. The molecular formula is C7H13O3S-. The SMILES string of the molecule is C/C=C/CC(CC)S(=O)(=O)[O-]. The van der Waals surface area contributed by atoms with Gasteiger partial charge in [-0.1, -0.05) is 19.1 Å². The fourth-order valence-corrected chi connectivity index (χ4v) is 1.53. The molecule has 0 amide bonds. The van der Waals surface area contributed by atoms with E-state index in [-0.39, 0.29) is 0 Å². The summed E-state index contributed by atoms with van der Waals surface area (Å²) >= 11 is 0. The third-order valence-corrected chi connectivity index (χ3v) is 2.84. The highest BCUT2D eigenvalue weighted by Gasteiger charge is 2.10. The molecule has 4 heteroatoms. The van der Waals surface area contributed by atoms with E-state index in [9.17, 15) is 13.0 Å². The molecule has 1 atom stereocenters. The van der Waals surface area contributed by atoms with Crippen molar-refractivity contribution in [3.8, 4) is 0 Å². The molecule has 0 aromatic rings. The van der Waals surface area contributed by atoms with Gasteiger partial charge in [0.1, 0.15) is 0 Å². The summed E-state index contributed by atoms with van der Waals surface area (Å²) in [5, 5.41) is -0.751. The van der Waals surface area contributed by atoms with Gasteiger partial charge in [0.05, 0.1) is 15.4 Å². The van der Waals surface area contributed by atoms with Crippen LogP contribution in [0.1, 0.15) is 26.7 Å². The van der Waals surface area contributed by atoms with Crippen molar-refractivity contribution in [2.24, 2.45) is 0 Å². The summed E-state index contributed by atoms with van der Waals surface area (Å²) in [7, 11) is -4.09. The van der Waals surface area contributed by atoms with E-state index in [0.717, 1.165) is 0 Å². The van der Waals surface area contributed by atoms with Crippen molar-refractivity contribution in [1.82, 2.24) is 0 Å². The molecule has 0 fully saturated rings. The maximum atomic E-state index is 10.5. The lowest BCUT2D eigenvalue weighted by molar-refractivity contribution is 0.445. The predicted molar refractivity (Wildman–Crippen MR) is 43.2 cm³/mol. The zero-order valence-corrected chi connectivity index (χ0v) is 7.60. The molecule has 0 bridgehead atoms. The Labute approximate surface area is 67.9 Å². The van der Waals surface area contributed by atoms with Crippen molar-refractivity contribution in [3.05, 3.63) is 12.2 Å². The van der Waals surface area contributed by atoms with Crippen LogP contribution in [0, 0.1) is 0 Å². The summed E-state index contributed by atoms with van der Waals surface area (Å²) in [6.07, 6.45) is 4.16. The molecule has 66 valence electrons. The molecule has 11 heavy (non-hydrogen) atoms. The molecule has 1 unspecified atom stereocenters. The molecular weight excluding hydrogens is 164 g/mol. The van der Waals surface area contributed by atoms with E-state index in [0.29, 0.717) is 12.8 Å². The van der Waals surface area contributed by atoms with Crippen LogP contribution in [0.2, 0.25) is 0 Å². The topological polar surface area (TPSA) is 57.2 Å². The lowest BCUT2D eigenvalue weighted by Crippen LogP contribution is -2.18. The second-order valence-electron chi connectivity index (χ2n) is 2.33. The molecule has 0 rings (SSSR count). The summed E-state index contributed by atoms with van der Waals surface area (Å²) < 4.78 is 31.4. The van der Waals surface area contributed by atoms with Crippen LogP contribution in [0.15, 0.2) is 12.2 Å². The van der Waals surface area contributed by atoms with Crippen molar-refractivity contribution in [1.29, 1.82) is 0 Å². The van der Waals surface area contributed by atoms with Gasteiger partial charge in [-0.25, -0.2) is 8.42 Å². The average molecular weight is 177 g/mol. The van der Waals surface area contributed by atoms with Crippen molar-refractivity contribution in [2.45, 2.75) is 31.9 Å². The predicted octanol–water partition coefficient (Wildman–Crippen LogP) is 1.28. The number of hydrogen-bond donors (Lipinski definition) is 0. The maximum Gasteiger partial charge on any atom is 0.0978 e. The highest BCUT2D eigenvalue weighted by molar-refractivity contribution is 7.86. The van der Waals surface area contributed by atoms with Crippen LogP contribution in [0.25, 0.3) is 0 Å². The lowest BCUT2D eigenvalue weighted by Gasteiger charge is -2.16. The third-order valence-electron chi connectivity index (χ3n) is 1.50. The van der Waals surface area contributed by atoms with Gasteiger partial charge in [-0.2, -0.15) is 0 Å². The zero-order valence-electron chi connectivity index (χ0n) is 6.78. The van der Waals surface area contributed by atoms with E-state index in [1.165, 1.54) is 0 Å². The standard InChI is InChI=1S/C7H14O3S/c1-3-5-6-7(4-2)11(8,9)10/h3,5,7H,4,6H2,1-2H3,(H,8,9,10)/p-1/b5-3+. The zero-order chi connectivity index (χ0) is 8.91. The minimum Gasteiger partial charge on any atom is -0.748 e. The average Bonchev–Trinajstić information content (AvgIpc) is 1.87.